The summed E-state index contributed by atoms with van der Waals surface area (Å²) in [6.07, 6.45) is 5.30. The predicted octanol–water partition coefficient (Wildman–Crippen LogP) is 2.74. The number of hydrogen-bond donors (Lipinski definition) is 0. The summed E-state index contributed by atoms with van der Waals surface area (Å²) in [7, 11) is 0. The Morgan fingerprint density at radius 1 is 1.10 bits per heavy atom. The summed E-state index contributed by atoms with van der Waals surface area (Å²) < 4.78 is 0. The summed E-state index contributed by atoms with van der Waals surface area (Å²) in [5.41, 5.74) is 2.06. The maximum Gasteiger partial charge on any atom is 0.176 e. The molecule has 1 aromatic carbocycles. The fourth-order valence-electron chi connectivity index (χ4n) is 3.57. The average Bonchev–Trinajstić information content (AvgIpc) is 2.97. The number of hydrogen-bond acceptors (Lipinski definition) is 3. The Bertz CT molecular complexity index is 476. The van der Waals surface area contributed by atoms with Crippen LogP contribution in [0.4, 0.5) is 0 Å². The van der Waals surface area contributed by atoms with Crippen molar-refractivity contribution in [2.45, 2.75) is 38.6 Å². The van der Waals surface area contributed by atoms with Crippen LogP contribution in [0, 0.1) is 6.92 Å². The van der Waals surface area contributed by atoms with Crippen molar-refractivity contribution in [3.8, 4) is 0 Å². The monoisotopic (exact) mass is 286 g/mol. The highest BCUT2D eigenvalue weighted by molar-refractivity contribution is 5.97. The Balaban J connectivity index is 1.52. The summed E-state index contributed by atoms with van der Waals surface area (Å²) in [4.78, 5) is 17.3. The van der Waals surface area contributed by atoms with Gasteiger partial charge in [-0.1, -0.05) is 36.2 Å². The van der Waals surface area contributed by atoms with E-state index >= 15 is 0 Å². The molecule has 3 rings (SSSR count). The minimum atomic E-state index is 0.259. The Morgan fingerprint density at radius 2 is 1.81 bits per heavy atom. The molecule has 0 aliphatic carbocycles. The molecule has 1 atom stereocenters. The van der Waals surface area contributed by atoms with Crippen molar-refractivity contribution in [2.24, 2.45) is 0 Å². The van der Waals surface area contributed by atoms with Gasteiger partial charge in [0.05, 0.1) is 6.54 Å². The molecule has 3 nitrogen and oxygen atoms in total. The lowest BCUT2D eigenvalue weighted by Crippen LogP contribution is -2.41. The lowest BCUT2D eigenvalue weighted by molar-refractivity contribution is 0.0936. The molecule has 1 unspecified atom stereocenters. The quantitative estimate of drug-likeness (QED) is 0.795. The van der Waals surface area contributed by atoms with Crippen LogP contribution in [0.1, 0.15) is 41.6 Å². The maximum absolute atomic E-state index is 12.3. The van der Waals surface area contributed by atoms with E-state index in [-0.39, 0.29) is 5.78 Å². The van der Waals surface area contributed by atoms with Crippen LogP contribution >= 0.6 is 0 Å². The van der Waals surface area contributed by atoms with Crippen molar-refractivity contribution in [2.75, 3.05) is 32.7 Å². The first-order chi connectivity index (χ1) is 10.2. The number of rotatable bonds is 4. The second-order valence-electron chi connectivity index (χ2n) is 6.56. The molecule has 1 aromatic rings. The van der Waals surface area contributed by atoms with Crippen LogP contribution in [0.3, 0.4) is 0 Å². The highest BCUT2D eigenvalue weighted by Crippen LogP contribution is 2.20. The Morgan fingerprint density at radius 3 is 2.52 bits per heavy atom. The first-order valence-electron chi connectivity index (χ1n) is 8.28. The van der Waals surface area contributed by atoms with Crippen LogP contribution in [-0.4, -0.2) is 54.3 Å². The SMILES string of the molecule is Cc1ccc(C(=O)CN2CCC(N3CCCCC3)C2)cc1. The van der Waals surface area contributed by atoms with Gasteiger partial charge in [0.25, 0.3) is 0 Å². The first-order valence-corrected chi connectivity index (χ1v) is 8.28. The number of Topliss-reactive ketones (excluding diaryl/α,β-unsaturated/α-hetero) is 1. The number of piperidine rings is 1. The smallest absolute Gasteiger partial charge is 0.176 e. The summed E-state index contributed by atoms with van der Waals surface area (Å²) in [6, 6.07) is 8.63. The highest BCUT2D eigenvalue weighted by Gasteiger charge is 2.29. The van der Waals surface area contributed by atoms with Crippen LogP contribution < -0.4 is 0 Å². The lowest BCUT2D eigenvalue weighted by Gasteiger charge is -2.32. The number of carbonyl (C=O) groups excluding carboxylic acids is 1. The summed E-state index contributed by atoms with van der Waals surface area (Å²) in [5, 5.41) is 0. The van der Waals surface area contributed by atoms with Crippen LogP contribution in [-0.2, 0) is 0 Å². The van der Waals surface area contributed by atoms with Gasteiger partial charge < -0.3 is 0 Å². The van der Waals surface area contributed by atoms with Gasteiger partial charge in [0.2, 0.25) is 0 Å². The zero-order chi connectivity index (χ0) is 14.7. The molecule has 0 radical (unpaired) electrons. The second-order valence-corrected chi connectivity index (χ2v) is 6.56. The van der Waals surface area contributed by atoms with Gasteiger partial charge in [0.1, 0.15) is 0 Å². The molecule has 2 saturated heterocycles. The van der Waals surface area contributed by atoms with Crippen molar-refractivity contribution in [3.63, 3.8) is 0 Å². The minimum Gasteiger partial charge on any atom is -0.299 e. The van der Waals surface area contributed by atoms with E-state index in [9.17, 15) is 4.79 Å². The zero-order valence-corrected chi connectivity index (χ0v) is 13.1. The lowest BCUT2D eigenvalue weighted by atomic mass is 10.1. The third-order valence-electron chi connectivity index (χ3n) is 4.90. The van der Waals surface area contributed by atoms with Gasteiger partial charge in [-0.3, -0.25) is 14.6 Å². The van der Waals surface area contributed by atoms with E-state index in [1.165, 1.54) is 44.3 Å². The van der Waals surface area contributed by atoms with E-state index in [1.807, 2.05) is 24.3 Å². The Kier molecular flexibility index (Phi) is 4.71. The van der Waals surface area contributed by atoms with Crippen LogP contribution in [0.25, 0.3) is 0 Å². The number of ketones is 1. The largest absolute Gasteiger partial charge is 0.299 e. The number of aryl methyl sites for hydroxylation is 1. The number of likely N-dealkylation sites (tertiary alicyclic amines) is 2. The summed E-state index contributed by atoms with van der Waals surface area (Å²) in [6.45, 7) is 7.27. The number of nitrogens with zero attached hydrogens (tertiary/aromatic N) is 2. The van der Waals surface area contributed by atoms with Crippen LogP contribution in [0.2, 0.25) is 0 Å². The summed E-state index contributed by atoms with van der Waals surface area (Å²) >= 11 is 0. The molecule has 0 N–H and O–H groups in total. The van der Waals surface area contributed by atoms with E-state index in [1.54, 1.807) is 0 Å². The second kappa shape index (κ2) is 6.71. The Labute approximate surface area is 127 Å². The van der Waals surface area contributed by atoms with Crippen LogP contribution in [0.15, 0.2) is 24.3 Å². The third kappa shape index (κ3) is 3.72. The van der Waals surface area contributed by atoms with Gasteiger partial charge in [-0.05, 0) is 39.3 Å². The van der Waals surface area contributed by atoms with Crippen molar-refractivity contribution >= 4 is 5.78 Å². The molecule has 2 aliphatic rings. The molecule has 2 heterocycles. The normalized spacial score (nSPS) is 24.3. The fraction of sp³-hybridized carbons (Fsp3) is 0.611. The van der Waals surface area contributed by atoms with E-state index in [4.69, 9.17) is 0 Å². The molecular formula is C18H26N2O. The van der Waals surface area contributed by atoms with Crippen molar-refractivity contribution < 1.29 is 4.79 Å². The fourth-order valence-corrected chi connectivity index (χ4v) is 3.57. The molecular weight excluding hydrogens is 260 g/mol. The van der Waals surface area contributed by atoms with Gasteiger partial charge in [0, 0.05) is 24.7 Å². The molecule has 0 spiro atoms. The molecule has 114 valence electrons. The molecule has 0 saturated carbocycles. The summed E-state index contributed by atoms with van der Waals surface area (Å²) in [5.74, 6) is 0.259. The van der Waals surface area contributed by atoms with Crippen molar-refractivity contribution in [1.29, 1.82) is 0 Å². The minimum absolute atomic E-state index is 0.259. The zero-order valence-electron chi connectivity index (χ0n) is 13.1. The molecule has 0 amide bonds. The van der Waals surface area contributed by atoms with E-state index in [0.29, 0.717) is 12.6 Å². The van der Waals surface area contributed by atoms with Gasteiger partial charge >= 0.3 is 0 Å². The first kappa shape index (κ1) is 14.7. The number of carbonyl (C=O) groups is 1. The van der Waals surface area contributed by atoms with Gasteiger partial charge in [-0.2, -0.15) is 0 Å². The molecule has 3 heteroatoms. The van der Waals surface area contributed by atoms with Gasteiger partial charge in [-0.15, -0.1) is 0 Å². The molecule has 0 aromatic heterocycles. The molecule has 21 heavy (non-hydrogen) atoms. The van der Waals surface area contributed by atoms with E-state index < -0.39 is 0 Å². The van der Waals surface area contributed by atoms with Crippen LogP contribution in [0.5, 0.6) is 0 Å². The Hall–Kier alpha value is -1.19. The maximum atomic E-state index is 12.3. The molecule has 2 aliphatic heterocycles. The van der Waals surface area contributed by atoms with E-state index in [0.717, 1.165) is 18.7 Å². The topological polar surface area (TPSA) is 23.6 Å². The van der Waals surface area contributed by atoms with E-state index in [2.05, 4.69) is 16.7 Å². The van der Waals surface area contributed by atoms with Crippen molar-refractivity contribution in [1.82, 2.24) is 9.80 Å². The number of benzene rings is 1. The third-order valence-corrected chi connectivity index (χ3v) is 4.90. The highest BCUT2D eigenvalue weighted by atomic mass is 16.1. The van der Waals surface area contributed by atoms with Gasteiger partial charge in [0.15, 0.2) is 5.78 Å². The molecule has 2 fully saturated rings. The predicted molar refractivity (Wildman–Crippen MR) is 85.8 cm³/mol. The standard InChI is InChI=1S/C18H26N2O/c1-15-5-7-16(8-6-15)18(21)14-19-12-9-17(13-19)20-10-3-2-4-11-20/h5-8,17H,2-4,9-14H2,1H3. The molecule has 0 bridgehead atoms. The van der Waals surface area contributed by atoms with Crippen molar-refractivity contribution in [3.05, 3.63) is 35.4 Å². The average molecular weight is 286 g/mol. The van der Waals surface area contributed by atoms with Gasteiger partial charge in [-0.25, -0.2) is 0 Å².